The molecule has 2 aliphatic heterocycles. The highest BCUT2D eigenvalue weighted by molar-refractivity contribution is 8.05. The van der Waals surface area contributed by atoms with Gasteiger partial charge >= 0.3 is 18.1 Å². The van der Waals surface area contributed by atoms with Crippen molar-refractivity contribution in [2.75, 3.05) is 31.0 Å². The normalized spacial score (nSPS) is 19.6. The van der Waals surface area contributed by atoms with Gasteiger partial charge in [0.2, 0.25) is 12.9 Å². The molecule has 15 nitrogen and oxygen atoms in total. The summed E-state index contributed by atoms with van der Waals surface area (Å²) >= 11 is 3.57. The Hall–Kier alpha value is -3.51. The molecule has 0 bridgehead atoms. The number of nitrogen functional groups attached to an aromatic ring is 1. The molecule has 206 valence electrons. The van der Waals surface area contributed by atoms with Crippen LogP contribution in [0.1, 0.15) is 19.5 Å². The first-order valence-electron chi connectivity index (χ1n) is 10.8. The number of carbonyl (C=O) groups is 5. The Kier molecular flexibility index (Phi) is 9.81. The van der Waals surface area contributed by atoms with Crippen molar-refractivity contribution in [1.82, 2.24) is 15.2 Å². The van der Waals surface area contributed by atoms with Gasteiger partial charge in [-0.15, -0.1) is 34.9 Å². The van der Waals surface area contributed by atoms with Crippen LogP contribution in [-0.2, 0) is 38.2 Å². The zero-order valence-corrected chi connectivity index (χ0v) is 22.6. The van der Waals surface area contributed by atoms with Gasteiger partial charge in [-0.1, -0.05) is 5.16 Å². The van der Waals surface area contributed by atoms with Gasteiger partial charge in [0, 0.05) is 23.0 Å². The Morgan fingerprint density at radius 3 is 2.71 bits per heavy atom. The first kappa shape index (κ1) is 29.1. The lowest BCUT2D eigenvalue weighted by Crippen LogP contribution is -2.71. The van der Waals surface area contributed by atoms with E-state index in [9.17, 15) is 24.0 Å². The number of carboxylic acids is 1. The van der Waals surface area contributed by atoms with Crippen LogP contribution in [0.2, 0.25) is 0 Å². The van der Waals surface area contributed by atoms with Gasteiger partial charge in [-0.25, -0.2) is 19.4 Å². The van der Waals surface area contributed by atoms with Crippen molar-refractivity contribution in [2.24, 2.45) is 5.16 Å². The second-order valence-corrected chi connectivity index (χ2v) is 10.2. The summed E-state index contributed by atoms with van der Waals surface area (Å²) in [5, 5.41) is 15.8. The Bertz CT molecular complexity index is 1190. The van der Waals surface area contributed by atoms with Crippen LogP contribution in [0, 0.1) is 0 Å². The lowest BCUT2D eigenvalue weighted by atomic mass is 10.0. The molecule has 1 aromatic rings. The molecule has 0 aromatic carbocycles. The standard InChI is InChI=1S/C20H23N5O10S3/c1-4-32-20(31)35-8(2)34-18(30)14-10(36-3)7-37-17-13(16(29)25(14)17)23-15(28)12(24-33-5-11(26)27)9-6-38-19(21)22-9/h6,8,13,17H,4-5,7H2,1-3H3,(H2,21,22)(H,23,28)(H,26,27)/t8?,13?,17-/m0/s1. The SMILES string of the molecule is CCOC(=O)OC(C)OC(=O)C1=C(SC)CS[C@H]2C(NC(=O)C(=NOCC(=O)O)c3csc(N)n3)C(=O)N12. The molecule has 0 radical (unpaired) electrons. The number of anilines is 1. The summed E-state index contributed by atoms with van der Waals surface area (Å²) in [6.07, 6.45) is -0.573. The van der Waals surface area contributed by atoms with Crippen LogP contribution < -0.4 is 11.1 Å². The van der Waals surface area contributed by atoms with Crippen molar-refractivity contribution in [2.45, 2.75) is 31.6 Å². The molecule has 2 unspecified atom stereocenters. The minimum atomic E-state index is -1.31. The second kappa shape index (κ2) is 12.8. The molecule has 0 spiro atoms. The number of carbonyl (C=O) groups excluding carboxylic acids is 4. The molecule has 1 aromatic heterocycles. The highest BCUT2D eigenvalue weighted by Gasteiger charge is 2.55. The van der Waals surface area contributed by atoms with Gasteiger partial charge in [-0.05, 0) is 13.2 Å². The van der Waals surface area contributed by atoms with Crippen LogP contribution in [-0.4, -0.2) is 93.5 Å². The number of aromatic nitrogens is 1. The van der Waals surface area contributed by atoms with Crippen LogP contribution in [0.25, 0.3) is 0 Å². The number of oxime groups is 1. The van der Waals surface area contributed by atoms with E-state index in [0.717, 1.165) is 11.3 Å². The molecule has 3 rings (SSSR count). The highest BCUT2D eigenvalue weighted by atomic mass is 32.2. The Morgan fingerprint density at radius 2 is 2.11 bits per heavy atom. The lowest BCUT2D eigenvalue weighted by Gasteiger charge is -2.49. The molecule has 0 saturated carbocycles. The summed E-state index contributed by atoms with van der Waals surface area (Å²) in [5.74, 6) is -3.33. The van der Waals surface area contributed by atoms with Crippen molar-refractivity contribution in [3.8, 4) is 0 Å². The summed E-state index contributed by atoms with van der Waals surface area (Å²) in [7, 11) is 0. The maximum absolute atomic E-state index is 13.1. The number of amides is 2. The predicted molar refractivity (Wildman–Crippen MR) is 136 cm³/mol. The first-order chi connectivity index (χ1) is 18.1. The number of rotatable bonds is 11. The first-order valence-corrected chi connectivity index (χ1v) is 13.9. The molecule has 1 saturated heterocycles. The third-order valence-corrected chi connectivity index (χ3v) is 7.75. The summed E-state index contributed by atoms with van der Waals surface area (Å²) in [6.45, 7) is 2.17. The largest absolute Gasteiger partial charge is 0.511 e. The van der Waals surface area contributed by atoms with Gasteiger partial charge in [-0.3, -0.25) is 14.5 Å². The van der Waals surface area contributed by atoms with Crippen LogP contribution in [0.15, 0.2) is 21.1 Å². The number of ether oxygens (including phenoxy) is 3. The third kappa shape index (κ3) is 6.67. The van der Waals surface area contributed by atoms with Crippen molar-refractivity contribution in [1.29, 1.82) is 0 Å². The van der Waals surface area contributed by atoms with Crippen molar-refractivity contribution < 1.29 is 48.1 Å². The smallest absolute Gasteiger partial charge is 0.479 e. The number of hydrogen-bond acceptors (Lipinski definition) is 15. The summed E-state index contributed by atoms with van der Waals surface area (Å²) in [5.41, 5.74) is 5.25. The summed E-state index contributed by atoms with van der Waals surface area (Å²) in [6, 6.07) is -1.05. The fourth-order valence-corrected chi connectivity index (χ4v) is 6.01. The van der Waals surface area contributed by atoms with E-state index < -0.39 is 54.2 Å². The van der Waals surface area contributed by atoms with E-state index >= 15 is 0 Å². The predicted octanol–water partition coefficient (Wildman–Crippen LogP) is 0.567. The fourth-order valence-electron chi connectivity index (χ4n) is 3.22. The zero-order chi connectivity index (χ0) is 28.0. The van der Waals surface area contributed by atoms with E-state index in [0.29, 0.717) is 10.7 Å². The fraction of sp³-hybridized carbons (Fsp3) is 0.450. The number of carboxylic acid groups (broad SMARTS) is 1. The molecule has 0 aliphatic carbocycles. The number of nitrogens with zero attached hydrogens (tertiary/aromatic N) is 3. The second-order valence-electron chi connectivity index (χ2n) is 7.29. The molecule has 4 N–H and O–H groups in total. The summed E-state index contributed by atoms with van der Waals surface area (Å²) in [4.78, 5) is 71.7. The van der Waals surface area contributed by atoms with E-state index in [2.05, 4.69) is 20.2 Å². The number of nitrogens with one attached hydrogen (secondary N) is 1. The number of β-lactam (4-membered cyclic amide) rings is 1. The minimum absolute atomic E-state index is 0.0259. The average Bonchev–Trinajstić information content (AvgIpc) is 3.29. The number of hydrogen-bond donors (Lipinski definition) is 3. The van der Waals surface area contributed by atoms with Gasteiger partial charge in [0.05, 0.1) is 6.61 Å². The van der Waals surface area contributed by atoms with E-state index in [4.69, 9.17) is 25.2 Å². The van der Waals surface area contributed by atoms with Crippen molar-refractivity contribution >= 4 is 75.6 Å². The van der Waals surface area contributed by atoms with Gasteiger partial charge in [-0.2, -0.15) is 0 Å². The number of aliphatic carboxylic acids is 1. The molecule has 38 heavy (non-hydrogen) atoms. The zero-order valence-electron chi connectivity index (χ0n) is 20.2. The van der Waals surface area contributed by atoms with Gasteiger partial charge in [0.1, 0.15) is 22.8 Å². The number of nitrogens with two attached hydrogens (primary N) is 1. The maximum Gasteiger partial charge on any atom is 0.511 e. The minimum Gasteiger partial charge on any atom is -0.479 e. The molecular weight excluding hydrogens is 566 g/mol. The molecule has 18 heteroatoms. The molecule has 2 aliphatic rings. The number of esters is 1. The third-order valence-electron chi connectivity index (χ3n) is 4.78. The van der Waals surface area contributed by atoms with Gasteiger partial charge in [0.25, 0.3) is 11.8 Å². The van der Waals surface area contributed by atoms with Gasteiger partial charge < -0.3 is 35.2 Å². The van der Waals surface area contributed by atoms with Crippen LogP contribution in [0.4, 0.5) is 9.93 Å². The molecule has 3 atom stereocenters. The van der Waals surface area contributed by atoms with Crippen molar-refractivity contribution in [3.63, 3.8) is 0 Å². The van der Waals surface area contributed by atoms with Crippen LogP contribution in [0.5, 0.6) is 0 Å². The average molecular weight is 590 g/mol. The lowest BCUT2D eigenvalue weighted by molar-refractivity contribution is -0.168. The molecule has 1 fully saturated rings. The Balaban J connectivity index is 1.74. The Morgan fingerprint density at radius 1 is 1.37 bits per heavy atom. The molecule has 3 heterocycles. The monoisotopic (exact) mass is 589 g/mol. The number of thiazole rings is 1. The summed E-state index contributed by atoms with van der Waals surface area (Å²) < 4.78 is 14.7. The van der Waals surface area contributed by atoms with Crippen LogP contribution >= 0.6 is 34.9 Å². The van der Waals surface area contributed by atoms with E-state index in [1.807, 2.05) is 0 Å². The van der Waals surface area contributed by atoms with Crippen LogP contribution in [0.3, 0.4) is 0 Å². The number of fused-ring (bicyclic) bond motifs is 1. The molecule has 2 amide bonds. The quantitative estimate of drug-likeness (QED) is 0.106. The maximum atomic E-state index is 13.1. The van der Waals surface area contributed by atoms with Gasteiger partial charge in [0.15, 0.2) is 10.8 Å². The molecular formula is C20H23N5O10S3. The Labute approximate surface area is 228 Å². The topological polar surface area (TPSA) is 209 Å². The number of thioether (sulfide) groups is 2. The van der Waals surface area contributed by atoms with E-state index in [-0.39, 0.29) is 28.8 Å². The highest BCUT2D eigenvalue weighted by Crippen LogP contribution is 2.43. The van der Waals surface area contributed by atoms with Crippen molar-refractivity contribution in [3.05, 3.63) is 21.7 Å². The van der Waals surface area contributed by atoms with E-state index in [1.54, 1.807) is 13.2 Å². The van der Waals surface area contributed by atoms with E-state index in [1.165, 1.54) is 40.7 Å².